The Labute approximate surface area is 83.2 Å². The van der Waals surface area contributed by atoms with Gasteiger partial charge < -0.3 is 4.74 Å². The summed E-state index contributed by atoms with van der Waals surface area (Å²) in [5.74, 6) is 0.454. The maximum atomic E-state index is 11.7. The molecule has 0 saturated carbocycles. The molecule has 2 heteroatoms. The summed E-state index contributed by atoms with van der Waals surface area (Å²) in [6.45, 7) is 3.83. The summed E-state index contributed by atoms with van der Waals surface area (Å²) >= 11 is 0. The highest BCUT2D eigenvalue weighted by Gasteiger charge is 2.23. The van der Waals surface area contributed by atoms with E-state index in [1.54, 1.807) is 6.08 Å². The molecule has 72 valence electrons. The molecule has 1 aromatic rings. The van der Waals surface area contributed by atoms with Gasteiger partial charge in [-0.3, -0.25) is 4.79 Å². The highest BCUT2D eigenvalue weighted by molar-refractivity contribution is 6.16. The molecule has 0 fully saturated rings. The second-order valence-electron chi connectivity index (χ2n) is 3.59. The number of ether oxygens (including phenoxy) is 1. The van der Waals surface area contributed by atoms with Crippen LogP contribution in [0.2, 0.25) is 0 Å². The topological polar surface area (TPSA) is 26.3 Å². The van der Waals surface area contributed by atoms with Crippen LogP contribution in [-0.2, 0) is 4.74 Å². The molecule has 14 heavy (non-hydrogen) atoms. The SMILES string of the molecule is CC(C)OC1=Cc2ccccc2C1=O. The third-order valence-electron chi connectivity index (χ3n) is 2.08. The fraction of sp³-hybridized carbons (Fsp3) is 0.250. The monoisotopic (exact) mass is 188 g/mol. The maximum Gasteiger partial charge on any atom is 0.228 e. The Kier molecular flexibility index (Phi) is 2.12. The molecule has 0 heterocycles. The van der Waals surface area contributed by atoms with Crippen molar-refractivity contribution in [2.75, 3.05) is 0 Å². The molecule has 0 saturated heterocycles. The van der Waals surface area contributed by atoms with Gasteiger partial charge in [0, 0.05) is 5.56 Å². The van der Waals surface area contributed by atoms with Gasteiger partial charge in [-0.25, -0.2) is 0 Å². The van der Waals surface area contributed by atoms with Gasteiger partial charge in [0.05, 0.1) is 6.10 Å². The summed E-state index contributed by atoms with van der Waals surface area (Å²) in [6.07, 6.45) is 1.84. The Hall–Kier alpha value is -1.57. The first-order chi connectivity index (χ1) is 6.68. The number of benzene rings is 1. The molecule has 2 rings (SSSR count). The summed E-state index contributed by atoms with van der Waals surface area (Å²) in [4.78, 5) is 11.7. The number of hydrogen-bond acceptors (Lipinski definition) is 2. The fourth-order valence-electron chi connectivity index (χ4n) is 1.51. The zero-order valence-electron chi connectivity index (χ0n) is 8.28. The summed E-state index contributed by atoms with van der Waals surface area (Å²) < 4.78 is 5.42. The summed E-state index contributed by atoms with van der Waals surface area (Å²) in [7, 11) is 0. The second kappa shape index (κ2) is 3.29. The zero-order chi connectivity index (χ0) is 10.1. The van der Waals surface area contributed by atoms with Crippen LogP contribution in [0.5, 0.6) is 0 Å². The summed E-state index contributed by atoms with van der Waals surface area (Å²) in [6, 6.07) is 7.53. The Morgan fingerprint density at radius 3 is 2.57 bits per heavy atom. The van der Waals surface area contributed by atoms with Gasteiger partial charge in [0.1, 0.15) is 0 Å². The minimum atomic E-state index is -0.00528. The first-order valence-electron chi connectivity index (χ1n) is 4.70. The third kappa shape index (κ3) is 1.43. The van der Waals surface area contributed by atoms with Crippen molar-refractivity contribution >= 4 is 11.9 Å². The van der Waals surface area contributed by atoms with Crippen LogP contribution in [0.25, 0.3) is 6.08 Å². The smallest absolute Gasteiger partial charge is 0.228 e. The molecule has 1 aromatic carbocycles. The highest BCUT2D eigenvalue weighted by atomic mass is 16.5. The standard InChI is InChI=1S/C12H12O2/c1-8(2)14-11-7-9-5-3-4-6-10(9)12(11)13/h3-8H,1-2H3. The molecule has 0 N–H and O–H groups in total. The lowest BCUT2D eigenvalue weighted by atomic mass is 10.1. The number of ketones is 1. The van der Waals surface area contributed by atoms with Gasteiger partial charge in [-0.05, 0) is 25.5 Å². The van der Waals surface area contributed by atoms with Gasteiger partial charge in [-0.2, -0.15) is 0 Å². The normalized spacial score (nSPS) is 14.2. The largest absolute Gasteiger partial charge is 0.487 e. The van der Waals surface area contributed by atoms with E-state index in [1.807, 2.05) is 38.1 Å². The Morgan fingerprint density at radius 2 is 1.93 bits per heavy atom. The number of allylic oxidation sites excluding steroid dienone is 1. The maximum absolute atomic E-state index is 11.7. The minimum Gasteiger partial charge on any atom is -0.487 e. The van der Waals surface area contributed by atoms with Gasteiger partial charge in [0.15, 0.2) is 5.76 Å². The van der Waals surface area contributed by atoms with E-state index in [0.717, 1.165) is 11.1 Å². The van der Waals surface area contributed by atoms with Crippen LogP contribution >= 0.6 is 0 Å². The lowest BCUT2D eigenvalue weighted by Crippen LogP contribution is -2.07. The minimum absolute atomic E-state index is 0.00528. The summed E-state index contributed by atoms with van der Waals surface area (Å²) in [5, 5.41) is 0. The van der Waals surface area contributed by atoms with Crippen LogP contribution in [-0.4, -0.2) is 11.9 Å². The van der Waals surface area contributed by atoms with Gasteiger partial charge in [0.25, 0.3) is 0 Å². The highest BCUT2D eigenvalue weighted by Crippen LogP contribution is 2.25. The van der Waals surface area contributed by atoms with Crippen molar-refractivity contribution in [1.29, 1.82) is 0 Å². The molecule has 0 radical (unpaired) electrons. The molecule has 0 atom stereocenters. The fourth-order valence-corrected chi connectivity index (χ4v) is 1.51. The number of rotatable bonds is 2. The molecule has 0 aromatic heterocycles. The number of hydrogen-bond donors (Lipinski definition) is 0. The average Bonchev–Trinajstić information content (AvgIpc) is 2.44. The van der Waals surface area contributed by atoms with Crippen LogP contribution in [0.4, 0.5) is 0 Å². The van der Waals surface area contributed by atoms with Crippen molar-refractivity contribution in [3.8, 4) is 0 Å². The van der Waals surface area contributed by atoms with Crippen molar-refractivity contribution in [3.63, 3.8) is 0 Å². The molecule has 0 aliphatic heterocycles. The van der Waals surface area contributed by atoms with E-state index in [4.69, 9.17) is 4.74 Å². The van der Waals surface area contributed by atoms with E-state index < -0.39 is 0 Å². The second-order valence-corrected chi connectivity index (χ2v) is 3.59. The molecule has 2 nitrogen and oxygen atoms in total. The van der Waals surface area contributed by atoms with Gasteiger partial charge in [0.2, 0.25) is 5.78 Å². The lowest BCUT2D eigenvalue weighted by molar-refractivity contribution is 0.0857. The van der Waals surface area contributed by atoms with Crippen LogP contribution in [0.1, 0.15) is 29.8 Å². The zero-order valence-corrected chi connectivity index (χ0v) is 8.28. The predicted molar refractivity (Wildman–Crippen MR) is 55.0 cm³/mol. The van der Waals surface area contributed by atoms with Crippen LogP contribution in [0.15, 0.2) is 30.0 Å². The number of Topliss-reactive ketones (excluding diaryl/α,β-unsaturated/α-hetero) is 1. The van der Waals surface area contributed by atoms with Crippen molar-refractivity contribution in [3.05, 3.63) is 41.2 Å². The molecule has 1 aliphatic rings. The van der Waals surface area contributed by atoms with E-state index in [2.05, 4.69) is 0 Å². The van der Waals surface area contributed by atoms with Crippen molar-refractivity contribution in [2.45, 2.75) is 20.0 Å². The van der Waals surface area contributed by atoms with Crippen LogP contribution < -0.4 is 0 Å². The van der Waals surface area contributed by atoms with Crippen LogP contribution in [0.3, 0.4) is 0 Å². The number of carbonyl (C=O) groups excluding carboxylic acids is 1. The van der Waals surface area contributed by atoms with Crippen molar-refractivity contribution in [2.24, 2.45) is 0 Å². The quantitative estimate of drug-likeness (QED) is 0.713. The predicted octanol–water partition coefficient (Wildman–Crippen LogP) is 2.65. The van der Waals surface area contributed by atoms with E-state index in [0.29, 0.717) is 5.76 Å². The molecular weight excluding hydrogens is 176 g/mol. The Bertz CT molecular complexity index is 403. The number of carbonyl (C=O) groups is 1. The van der Waals surface area contributed by atoms with Gasteiger partial charge >= 0.3 is 0 Å². The molecule has 0 unspecified atom stereocenters. The van der Waals surface area contributed by atoms with Crippen LogP contribution in [0, 0.1) is 0 Å². The van der Waals surface area contributed by atoms with Crippen molar-refractivity contribution < 1.29 is 9.53 Å². The molecule has 1 aliphatic carbocycles. The van der Waals surface area contributed by atoms with Gasteiger partial charge in [-0.1, -0.05) is 24.3 Å². The lowest BCUT2D eigenvalue weighted by Gasteiger charge is -2.08. The van der Waals surface area contributed by atoms with E-state index in [9.17, 15) is 4.79 Å². The first-order valence-corrected chi connectivity index (χ1v) is 4.70. The molecular formula is C12H12O2. The molecule has 0 amide bonds. The third-order valence-corrected chi connectivity index (χ3v) is 2.08. The Morgan fingerprint density at radius 1 is 1.21 bits per heavy atom. The van der Waals surface area contributed by atoms with E-state index in [-0.39, 0.29) is 11.9 Å². The van der Waals surface area contributed by atoms with E-state index in [1.165, 1.54) is 0 Å². The Balaban J connectivity index is 2.32. The van der Waals surface area contributed by atoms with E-state index >= 15 is 0 Å². The molecule has 0 spiro atoms. The number of fused-ring (bicyclic) bond motifs is 1. The average molecular weight is 188 g/mol. The first kappa shape index (κ1) is 9.00. The van der Waals surface area contributed by atoms with Crippen molar-refractivity contribution in [1.82, 2.24) is 0 Å². The van der Waals surface area contributed by atoms with Gasteiger partial charge in [-0.15, -0.1) is 0 Å². The molecule has 0 bridgehead atoms. The summed E-state index contributed by atoms with van der Waals surface area (Å²) in [5.41, 5.74) is 1.69.